The number of hydrogen-bond donors (Lipinski definition) is 1. The van der Waals surface area contributed by atoms with Gasteiger partial charge in [0.2, 0.25) is 0 Å². The number of rotatable bonds is 2. The number of aromatic nitrogens is 2. The number of thiophene rings is 1. The minimum atomic E-state index is -0.184. The van der Waals surface area contributed by atoms with E-state index in [9.17, 15) is 4.79 Å². The van der Waals surface area contributed by atoms with Gasteiger partial charge in [0, 0.05) is 0 Å². The first-order chi connectivity index (χ1) is 10.0. The Morgan fingerprint density at radius 2 is 2.29 bits per heavy atom. The van der Waals surface area contributed by atoms with Gasteiger partial charge < -0.3 is 4.98 Å². The van der Waals surface area contributed by atoms with Crippen molar-refractivity contribution in [3.8, 4) is 0 Å². The molecule has 0 atom stereocenters. The molecule has 21 heavy (non-hydrogen) atoms. The molecule has 0 saturated heterocycles. The van der Waals surface area contributed by atoms with E-state index in [-0.39, 0.29) is 5.56 Å². The molecule has 0 radical (unpaired) electrons. The number of hydrogen-bond acceptors (Lipinski definition) is 3. The fourth-order valence-corrected chi connectivity index (χ4v) is 3.38. The Balaban J connectivity index is 2.14. The summed E-state index contributed by atoms with van der Waals surface area (Å²) < 4.78 is 1.02. The van der Waals surface area contributed by atoms with Gasteiger partial charge in [-0.25, -0.2) is 4.98 Å². The summed E-state index contributed by atoms with van der Waals surface area (Å²) in [7, 11) is 0. The average molecular weight is 382 g/mol. The zero-order valence-corrected chi connectivity index (χ0v) is 14.1. The van der Waals surface area contributed by atoms with Gasteiger partial charge in [0.25, 0.3) is 5.56 Å². The summed E-state index contributed by atoms with van der Waals surface area (Å²) >= 11 is 11.3. The molecule has 1 N–H and O–H groups in total. The quantitative estimate of drug-likeness (QED) is 0.693. The molecule has 1 aromatic carbocycles. The Morgan fingerprint density at radius 3 is 3.00 bits per heavy atom. The highest BCUT2D eigenvalue weighted by Crippen LogP contribution is 2.26. The van der Waals surface area contributed by atoms with Gasteiger partial charge in [-0.2, -0.15) is 0 Å². The first-order valence-corrected chi connectivity index (χ1v) is 8.21. The van der Waals surface area contributed by atoms with Crippen molar-refractivity contribution in [3.05, 3.63) is 60.7 Å². The van der Waals surface area contributed by atoms with E-state index < -0.39 is 0 Å². The molecule has 0 fully saturated rings. The highest BCUT2D eigenvalue weighted by molar-refractivity contribution is 9.11. The van der Waals surface area contributed by atoms with Crippen LogP contribution in [0.15, 0.2) is 38.2 Å². The van der Waals surface area contributed by atoms with Crippen molar-refractivity contribution in [1.29, 1.82) is 0 Å². The van der Waals surface area contributed by atoms with Crippen LogP contribution in [0, 0.1) is 6.92 Å². The molecule has 0 spiro atoms. The first-order valence-electron chi connectivity index (χ1n) is 6.16. The van der Waals surface area contributed by atoms with Crippen molar-refractivity contribution in [1.82, 2.24) is 9.97 Å². The molecule has 0 amide bonds. The maximum absolute atomic E-state index is 12.1. The van der Waals surface area contributed by atoms with Crippen molar-refractivity contribution >= 4 is 60.9 Å². The lowest BCUT2D eigenvalue weighted by Crippen LogP contribution is -2.11. The largest absolute Gasteiger partial charge is 0.305 e. The molecule has 2 aromatic heterocycles. The van der Waals surface area contributed by atoms with Crippen molar-refractivity contribution in [3.63, 3.8) is 0 Å². The molecule has 3 rings (SSSR count). The third kappa shape index (κ3) is 2.95. The van der Waals surface area contributed by atoms with E-state index >= 15 is 0 Å². The van der Waals surface area contributed by atoms with Crippen LogP contribution in [0.25, 0.3) is 22.0 Å². The standard InChI is InChI=1S/C15H10BrClN2OS/c1-8-3-2-4-10-13(8)18-14(19-15(10)20)11(17)5-9-6-12(16)21-7-9/h2-7H,1H3,(H,18,19,20)/b11-5-. The monoisotopic (exact) mass is 380 g/mol. The van der Waals surface area contributed by atoms with Crippen LogP contribution in [0.3, 0.4) is 0 Å². The minimum absolute atomic E-state index is 0.184. The fraction of sp³-hybridized carbons (Fsp3) is 0.0667. The van der Waals surface area contributed by atoms with Crippen LogP contribution in [0.2, 0.25) is 0 Å². The fourth-order valence-electron chi connectivity index (χ4n) is 2.03. The Hall–Kier alpha value is -1.43. The summed E-state index contributed by atoms with van der Waals surface area (Å²) in [5, 5.41) is 2.95. The smallest absolute Gasteiger partial charge is 0.259 e. The summed E-state index contributed by atoms with van der Waals surface area (Å²) in [6.07, 6.45) is 1.78. The van der Waals surface area contributed by atoms with Gasteiger partial charge in [0.05, 0.1) is 19.7 Å². The number of nitrogens with one attached hydrogen (secondary N) is 1. The normalized spacial score (nSPS) is 12.0. The summed E-state index contributed by atoms with van der Waals surface area (Å²) in [5.41, 5.74) is 2.40. The van der Waals surface area contributed by atoms with Crippen LogP contribution >= 0.6 is 38.9 Å². The van der Waals surface area contributed by atoms with Gasteiger partial charge in [0.1, 0.15) is 0 Å². The molecule has 6 heteroatoms. The summed E-state index contributed by atoms with van der Waals surface area (Å²) in [5.74, 6) is 0.380. The van der Waals surface area contributed by atoms with Gasteiger partial charge in [-0.05, 0) is 57.6 Å². The average Bonchev–Trinajstić information content (AvgIpc) is 2.85. The molecule has 0 unspecified atom stereocenters. The third-order valence-corrected chi connectivity index (χ3v) is 4.86. The van der Waals surface area contributed by atoms with E-state index in [0.29, 0.717) is 21.8 Å². The van der Waals surface area contributed by atoms with E-state index in [1.807, 2.05) is 30.5 Å². The molecule has 0 bridgehead atoms. The SMILES string of the molecule is Cc1cccc2c(=O)[nH]c(/C(Cl)=C/c3csc(Br)c3)nc12. The highest BCUT2D eigenvalue weighted by atomic mass is 79.9. The van der Waals surface area contributed by atoms with Gasteiger partial charge in [-0.1, -0.05) is 23.7 Å². The maximum atomic E-state index is 12.1. The highest BCUT2D eigenvalue weighted by Gasteiger charge is 2.08. The second-order valence-corrected chi connectivity index (χ2v) is 7.26. The van der Waals surface area contributed by atoms with Crippen molar-refractivity contribution in [2.45, 2.75) is 6.92 Å². The predicted molar refractivity (Wildman–Crippen MR) is 92.8 cm³/mol. The number of aryl methyl sites for hydroxylation is 1. The lowest BCUT2D eigenvalue weighted by molar-refractivity contribution is 1.13. The third-order valence-electron chi connectivity index (χ3n) is 3.05. The molecule has 0 aliphatic heterocycles. The summed E-state index contributed by atoms with van der Waals surface area (Å²) in [6.45, 7) is 1.92. The Labute approximate surface area is 138 Å². The van der Waals surface area contributed by atoms with Crippen molar-refractivity contribution in [2.24, 2.45) is 0 Å². The second-order valence-electron chi connectivity index (χ2n) is 4.56. The number of nitrogens with zero attached hydrogens (tertiary/aromatic N) is 1. The summed E-state index contributed by atoms with van der Waals surface area (Å²) in [4.78, 5) is 19.3. The Kier molecular flexibility index (Phi) is 3.97. The van der Waals surface area contributed by atoms with E-state index in [0.717, 1.165) is 14.9 Å². The Bertz CT molecular complexity index is 913. The zero-order valence-electron chi connectivity index (χ0n) is 11.0. The summed E-state index contributed by atoms with van der Waals surface area (Å²) in [6, 6.07) is 7.48. The Morgan fingerprint density at radius 1 is 1.48 bits per heavy atom. The minimum Gasteiger partial charge on any atom is -0.305 e. The van der Waals surface area contributed by atoms with Gasteiger partial charge in [-0.15, -0.1) is 11.3 Å². The van der Waals surface area contributed by atoms with Gasteiger partial charge >= 0.3 is 0 Å². The van der Waals surface area contributed by atoms with Gasteiger partial charge in [0.15, 0.2) is 5.82 Å². The van der Waals surface area contributed by atoms with Crippen molar-refractivity contribution < 1.29 is 0 Å². The molecular weight excluding hydrogens is 372 g/mol. The molecule has 2 heterocycles. The van der Waals surface area contributed by atoms with Crippen LogP contribution in [0.1, 0.15) is 17.0 Å². The zero-order chi connectivity index (χ0) is 15.0. The molecule has 106 valence electrons. The van der Waals surface area contributed by atoms with Crippen LogP contribution < -0.4 is 5.56 Å². The predicted octanol–water partition coefficient (Wildman–Crippen LogP) is 4.79. The second kappa shape index (κ2) is 5.75. The lowest BCUT2D eigenvalue weighted by atomic mass is 10.1. The van der Waals surface area contributed by atoms with Crippen LogP contribution in [-0.2, 0) is 0 Å². The van der Waals surface area contributed by atoms with E-state index in [2.05, 4.69) is 25.9 Å². The number of fused-ring (bicyclic) bond motifs is 1. The number of benzene rings is 1. The van der Waals surface area contributed by atoms with E-state index in [1.165, 1.54) is 0 Å². The number of halogens is 2. The first kappa shape index (κ1) is 14.5. The van der Waals surface area contributed by atoms with Crippen LogP contribution in [0.4, 0.5) is 0 Å². The molecule has 3 nitrogen and oxygen atoms in total. The molecule has 0 saturated carbocycles. The molecule has 0 aliphatic rings. The van der Waals surface area contributed by atoms with Crippen LogP contribution in [-0.4, -0.2) is 9.97 Å². The number of aromatic amines is 1. The molecule has 0 aliphatic carbocycles. The van der Waals surface area contributed by atoms with Crippen LogP contribution in [0.5, 0.6) is 0 Å². The lowest BCUT2D eigenvalue weighted by Gasteiger charge is -2.04. The molecular formula is C15H10BrClN2OS. The van der Waals surface area contributed by atoms with Gasteiger partial charge in [-0.3, -0.25) is 4.79 Å². The maximum Gasteiger partial charge on any atom is 0.259 e. The van der Waals surface area contributed by atoms with Crippen molar-refractivity contribution in [2.75, 3.05) is 0 Å². The number of H-pyrrole nitrogens is 1. The number of para-hydroxylation sites is 1. The van der Waals surface area contributed by atoms with E-state index in [1.54, 1.807) is 23.5 Å². The van der Waals surface area contributed by atoms with E-state index in [4.69, 9.17) is 11.6 Å². The topological polar surface area (TPSA) is 45.8 Å². The molecule has 3 aromatic rings.